The number of rotatable bonds is 2. The van der Waals surface area contributed by atoms with Gasteiger partial charge in [0.2, 0.25) is 11.8 Å². The van der Waals surface area contributed by atoms with Gasteiger partial charge in [0.1, 0.15) is 17.7 Å². The fourth-order valence-electron chi connectivity index (χ4n) is 2.72. The third-order valence-electron chi connectivity index (χ3n) is 3.88. The molecule has 0 aromatic carbocycles. The Morgan fingerprint density at radius 2 is 1.80 bits per heavy atom. The number of amides is 2. The average molecular weight is 360 g/mol. The van der Waals surface area contributed by atoms with Crippen molar-refractivity contribution in [3.63, 3.8) is 0 Å². The molecule has 0 aliphatic carbocycles. The van der Waals surface area contributed by atoms with Gasteiger partial charge in [-0.3, -0.25) is 13.8 Å². The SMILES string of the molecule is CC(=O)N(C(C)=O)c1ncnc2nc3c(nc(C)n3C)c(S(C)=O)c12. The van der Waals surface area contributed by atoms with E-state index in [9.17, 15) is 13.8 Å². The van der Waals surface area contributed by atoms with Crippen LogP contribution in [0.5, 0.6) is 0 Å². The maximum absolute atomic E-state index is 12.5. The summed E-state index contributed by atoms with van der Waals surface area (Å²) in [4.78, 5) is 42.3. The molecule has 0 N–H and O–H groups in total. The number of pyridine rings is 1. The Morgan fingerprint density at radius 3 is 2.36 bits per heavy atom. The quantitative estimate of drug-likeness (QED) is 0.666. The number of hydrogen-bond acceptors (Lipinski definition) is 7. The molecule has 9 nitrogen and oxygen atoms in total. The van der Waals surface area contributed by atoms with E-state index in [1.165, 1.54) is 26.4 Å². The predicted molar refractivity (Wildman–Crippen MR) is 92.5 cm³/mol. The van der Waals surface area contributed by atoms with Gasteiger partial charge < -0.3 is 4.57 Å². The van der Waals surface area contributed by atoms with E-state index in [0.717, 1.165) is 4.90 Å². The molecule has 0 saturated carbocycles. The van der Waals surface area contributed by atoms with Gasteiger partial charge in [0, 0.05) is 27.2 Å². The zero-order valence-electron chi connectivity index (χ0n) is 14.4. The van der Waals surface area contributed by atoms with Crippen molar-refractivity contribution in [2.24, 2.45) is 7.05 Å². The topological polar surface area (TPSA) is 111 Å². The van der Waals surface area contributed by atoms with Gasteiger partial charge in [0.25, 0.3) is 0 Å². The summed E-state index contributed by atoms with van der Waals surface area (Å²) in [6.45, 7) is 4.32. The Balaban J connectivity index is 2.56. The molecule has 0 saturated heterocycles. The van der Waals surface area contributed by atoms with Gasteiger partial charge in [-0.1, -0.05) is 0 Å². The second-order valence-corrected chi connectivity index (χ2v) is 6.87. The lowest BCUT2D eigenvalue weighted by molar-refractivity contribution is -0.124. The van der Waals surface area contributed by atoms with Crippen molar-refractivity contribution in [3.05, 3.63) is 12.2 Å². The molecule has 0 fully saturated rings. The third kappa shape index (κ3) is 2.58. The first-order valence-corrected chi connectivity index (χ1v) is 8.92. The van der Waals surface area contributed by atoms with E-state index in [0.29, 0.717) is 27.3 Å². The number of anilines is 1. The zero-order chi connectivity index (χ0) is 18.5. The minimum Gasteiger partial charge on any atom is -0.316 e. The Kier molecular flexibility index (Phi) is 4.07. The van der Waals surface area contributed by atoms with Gasteiger partial charge in [-0.2, -0.15) is 0 Å². The molecule has 1 unspecified atom stereocenters. The lowest BCUT2D eigenvalue weighted by Crippen LogP contribution is -2.34. The van der Waals surface area contributed by atoms with Gasteiger partial charge in [-0.15, -0.1) is 0 Å². The van der Waals surface area contributed by atoms with Gasteiger partial charge in [-0.05, 0) is 6.92 Å². The lowest BCUT2D eigenvalue weighted by atomic mass is 10.2. The summed E-state index contributed by atoms with van der Waals surface area (Å²) in [6.07, 6.45) is 2.72. The van der Waals surface area contributed by atoms with Gasteiger partial charge in [0.05, 0.1) is 21.1 Å². The first-order valence-electron chi connectivity index (χ1n) is 7.36. The number of imide groups is 1. The number of imidazole rings is 1. The van der Waals surface area contributed by atoms with Crippen LogP contribution in [-0.2, 0) is 27.4 Å². The molecule has 3 aromatic heterocycles. The molecule has 0 radical (unpaired) electrons. The van der Waals surface area contributed by atoms with E-state index in [1.54, 1.807) is 18.5 Å². The van der Waals surface area contributed by atoms with Crippen LogP contribution in [0.1, 0.15) is 19.7 Å². The predicted octanol–water partition coefficient (Wildman–Crippen LogP) is 0.857. The van der Waals surface area contributed by atoms with E-state index < -0.39 is 22.6 Å². The summed E-state index contributed by atoms with van der Waals surface area (Å²) >= 11 is 0. The van der Waals surface area contributed by atoms with E-state index in [1.807, 2.05) is 0 Å². The second-order valence-electron chi connectivity index (χ2n) is 5.55. The second kappa shape index (κ2) is 5.96. The lowest BCUT2D eigenvalue weighted by Gasteiger charge is -2.18. The number of hydrogen-bond donors (Lipinski definition) is 0. The van der Waals surface area contributed by atoms with Gasteiger partial charge >= 0.3 is 0 Å². The summed E-state index contributed by atoms with van der Waals surface area (Å²) in [7, 11) is 0.326. The highest BCUT2D eigenvalue weighted by atomic mass is 32.2. The number of aromatic nitrogens is 5. The van der Waals surface area contributed by atoms with E-state index in [4.69, 9.17) is 0 Å². The molecule has 25 heavy (non-hydrogen) atoms. The van der Waals surface area contributed by atoms with Crippen LogP contribution in [0.4, 0.5) is 5.82 Å². The summed E-state index contributed by atoms with van der Waals surface area (Å²) in [5.41, 5.74) is 1.21. The summed E-state index contributed by atoms with van der Waals surface area (Å²) in [6, 6.07) is 0. The van der Waals surface area contributed by atoms with Gasteiger partial charge in [0.15, 0.2) is 17.1 Å². The standard InChI is InChI=1S/C15H16N6O3S/c1-7-18-11-12(25(5)24)10-13(19-15(11)20(7)4)16-6-17-14(10)21(8(2)22)9(3)23/h6H,1-5H3. The van der Waals surface area contributed by atoms with E-state index in [-0.39, 0.29) is 11.5 Å². The van der Waals surface area contributed by atoms with Crippen LogP contribution in [0.2, 0.25) is 0 Å². The number of aryl methyl sites for hydroxylation is 2. The molecule has 0 aliphatic rings. The van der Waals surface area contributed by atoms with Crippen molar-refractivity contribution in [2.75, 3.05) is 11.2 Å². The summed E-state index contributed by atoms with van der Waals surface area (Å²) < 4.78 is 14.3. The van der Waals surface area contributed by atoms with Crippen LogP contribution in [0.3, 0.4) is 0 Å². The van der Waals surface area contributed by atoms with Crippen molar-refractivity contribution in [3.8, 4) is 0 Å². The molecule has 0 bridgehead atoms. The minimum absolute atomic E-state index is 0.0629. The minimum atomic E-state index is -1.47. The Hall–Kier alpha value is -2.75. The maximum atomic E-state index is 12.5. The molecule has 3 heterocycles. The highest BCUT2D eigenvalue weighted by Crippen LogP contribution is 2.33. The van der Waals surface area contributed by atoms with Crippen LogP contribution < -0.4 is 4.90 Å². The van der Waals surface area contributed by atoms with Crippen LogP contribution in [0, 0.1) is 6.92 Å². The maximum Gasteiger partial charge on any atom is 0.231 e. The number of fused-ring (bicyclic) bond motifs is 2. The first kappa shape index (κ1) is 17.1. The fraction of sp³-hybridized carbons (Fsp3) is 0.333. The van der Waals surface area contributed by atoms with Crippen LogP contribution in [0.25, 0.3) is 22.2 Å². The number of carbonyl (C=O) groups is 2. The molecular formula is C15H16N6O3S. The van der Waals surface area contributed by atoms with E-state index >= 15 is 0 Å². The van der Waals surface area contributed by atoms with Crippen molar-refractivity contribution in [1.29, 1.82) is 0 Å². The zero-order valence-corrected chi connectivity index (χ0v) is 15.2. The Labute approximate surface area is 145 Å². The smallest absolute Gasteiger partial charge is 0.231 e. The van der Waals surface area contributed by atoms with Crippen molar-refractivity contribution in [1.82, 2.24) is 24.5 Å². The molecular weight excluding hydrogens is 344 g/mol. The number of carbonyl (C=O) groups excluding carboxylic acids is 2. The molecule has 0 spiro atoms. The first-order chi connectivity index (χ1) is 11.7. The van der Waals surface area contributed by atoms with Crippen LogP contribution in [0.15, 0.2) is 11.2 Å². The van der Waals surface area contributed by atoms with E-state index in [2.05, 4.69) is 19.9 Å². The third-order valence-corrected chi connectivity index (χ3v) is 4.85. The fourth-order valence-corrected chi connectivity index (χ4v) is 3.60. The average Bonchev–Trinajstić information content (AvgIpc) is 2.79. The Bertz CT molecular complexity index is 1060. The van der Waals surface area contributed by atoms with Crippen LogP contribution in [-0.4, -0.2) is 46.8 Å². The highest BCUT2D eigenvalue weighted by Gasteiger charge is 2.26. The van der Waals surface area contributed by atoms with Crippen molar-refractivity contribution in [2.45, 2.75) is 25.7 Å². The highest BCUT2D eigenvalue weighted by molar-refractivity contribution is 7.84. The molecule has 10 heteroatoms. The summed E-state index contributed by atoms with van der Waals surface area (Å²) in [5.74, 6) is -0.253. The molecule has 0 aliphatic heterocycles. The summed E-state index contributed by atoms with van der Waals surface area (Å²) in [5, 5.41) is 0.291. The van der Waals surface area contributed by atoms with Crippen molar-refractivity contribution >= 4 is 50.6 Å². The monoisotopic (exact) mass is 360 g/mol. The van der Waals surface area contributed by atoms with Crippen molar-refractivity contribution < 1.29 is 13.8 Å². The molecule has 3 aromatic rings. The van der Waals surface area contributed by atoms with Crippen LogP contribution >= 0.6 is 0 Å². The Morgan fingerprint density at radius 1 is 1.16 bits per heavy atom. The number of nitrogens with zero attached hydrogens (tertiary/aromatic N) is 6. The molecule has 3 rings (SSSR count). The van der Waals surface area contributed by atoms with Gasteiger partial charge in [-0.25, -0.2) is 24.8 Å². The molecule has 130 valence electrons. The largest absolute Gasteiger partial charge is 0.316 e. The molecule has 2 amide bonds. The molecule has 1 atom stereocenters. The normalized spacial score (nSPS) is 12.5.